The smallest absolute Gasteiger partial charge is 0.336 e. The molecule has 1 aromatic heterocycles. The predicted molar refractivity (Wildman–Crippen MR) is 110 cm³/mol. The summed E-state index contributed by atoms with van der Waals surface area (Å²) in [6.45, 7) is 1.81. The Morgan fingerprint density at radius 1 is 0.800 bits per heavy atom. The van der Waals surface area contributed by atoms with Crippen LogP contribution in [0.25, 0.3) is 22.1 Å². The second-order valence-electron chi connectivity index (χ2n) is 6.79. The molecule has 1 aliphatic rings. The summed E-state index contributed by atoms with van der Waals surface area (Å²) in [6.07, 6.45) is 1.18. The molecule has 1 heterocycles. The molecule has 0 saturated carbocycles. The average Bonchev–Trinajstić information content (AvgIpc) is 2.74. The highest BCUT2D eigenvalue weighted by Gasteiger charge is 2.32. The van der Waals surface area contributed by atoms with Crippen molar-refractivity contribution in [1.29, 1.82) is 0 Å². The lowest BCUT2D eigenvalue weighted by Crippen LogP contribution is -2.19. The monoisotopic (exact) mass is 406 g/mol. The summed E-state index contributed by atoms with van der Waals surface area (Å²) in [5.41, 5.74) is 1.58. The first kappa shape index (κ1) is 19.4. The number of carbonyl (C=O) groups is 2. The third-order valence-electron chi connectivity index (χ3n) is 5.02. The highest BCUT2D eigenvalue weighted by Crippen LogP contribution is 2.44. The van der Waals surface area contributed by atoms with E-state index in [9.17, 15) is 14.4 Å². The number of fused-ring (bicyclic) bond motifs is 2. The molecule has 0 atom stereocenters. The van der Waals surface area contributed by atoms with Gasteiger partial charge in [0.1, 0.15) is 11.5 Å². The number of aryl methyl sites for hydroxylation is 1. The van der Waals surface area contributed by atoms with Crippen molar-refractivity contribution in [3.8, 4) is 22.6 Å². The summed E-state index contributed by atoms with van der Waals surface area (Å²) in [7, 11) is 4.28. The average molecular weight is 406 g/mol. The van der Waals surface area contributed by atoms with Crippen LogP contribution < -0.4 is 15.1 Å². The molecule has 0 radical (unpaired) electrons. The van der Waals surface area contributed by atoms with Gasteiger partial charge in [-0.25, -0.2) is 4.79 Å². The lowest BCUT2D eigenvalue weighted by molar-refractivity contribution is 0.0917. The molecule has 7 nitrogen and oxygen atoms in total. The van der Waals surface area contributed by atoms with Crippen molar-refractivity contribution >= 4 is 22.5 Å². The van der Waals surface area contributed by atoms with Gasteiger partial charge in [-0.2, -0.15) is 0 Å². The number of ether oxygens (including phenoxy) is 3. The van der Waals surface area contributed by atoms with Crippen molar-refractivity contribution in [1.82, 2.24) is 0 Å². The van der Waals surface area contributed by atoms with Crippen molar-refractivity contribution < 1.29 is 28.2 Å². The highest BCUT2D eigenvalue weighted by atomic mass is 16.5. The highest BCUT2D eigenvalue weighted by molar-refractivity contribution is 6.27. The predicted octanol–water partition coefficient (Wildman–Crippen LogP) is 3.69. The van der Waals surface area contributed by atoms with E-state index in [1.54, 1.807) is 24.3 Å². The third kappa shape index (κ3) is 2.86. The molecular weight excluding hydrogens is 388 g/mol. The fraction of sp³-hybridized carbons (Fsp3) is 0.174. The van der Waals surface area contributed by atoms with Crippen molar-refractivity contribution in [2.24, 2.45) is 0 Å². The van der Waals surface area contributed by atoms with Gasteiger partial charge in [-0.3, -0.25) is 9.59 Å². The molecule has 1 aliphatic carbocycles. The lowest BCUT2D eigenvalue weighted by atomic mass is 9.84. The Labute approximate surface area is 171 Å². The molecule has 30 heavy (non-hydrogen) atoms. The fourth-order valence-electron chi connectivity index (χ4n) is 3.72. The number of methoxy groups -OCH3 is 3. The van der Waals surface area contributed by atoms with E-state index in [2.05, 4.69) is 0 Å². The first-order valence-corrected chi connectivity index (χ1v) is 9.08. The minimum atomic E-state index is -0.569. The minimum Gasteiger partial charge on any atom is -0.496 e. The maximum absolute atomic E-state index is 13.1. The quantitative estimate of drug-likeness (QED) is 0.610. The summed E-state index contributed by atoms with van der Waals surface area (Å²) in [6, 6.07) is 7.91. The molecule has 7 heteroatoms. The summed E-state index contributed by atoms with van der Waals surface area (Å²) in [5, 5.41) is 0.528. The Balaban J connectivity index is 2.18. The van der Waals surface area contributed by atoms with E-state index in [1.807, 2.05) is 6.92 Å². The minimum absolute atomic E-state index is 0.0594. The fourth-order valence-corrected chi connectivity index (χ4v) is 3.72. The Morgan fingerprint density at radius 2 is 1.50 bits per heavy atom. The van der Waals surface area contributed by atoms with Crippen LogP contribution in [-0.4, -0.2) is 32.9 Å². The van der Waals surface area contributed by atoms with Gasteiger partial charge < -0.3 is 18.6 Å². The number of allylic oxidation sites excluding steroid dienone is 2. The molecule has 0 spiro atoms. The summed E-state index contributed by atoms with van der Waals surface area (Å²) in [4.78, 5) is 37.8. The molecule has 2 aromatic carbocycles. The van der Waals surface area contributed by atoms with Crippen molar-refractivity contribution in [2.75, 3.05) is 21.3 Å². The van der Waals surface area contributed by atoms with Crippen molar-refractivity contribution in [2.45, 2.75) is 6.92 Å². The lowest BCUT2D eigenvalue weighted by Gasteiger charge is -2.21. The molecule has 3 aromatic rings. The van der Waals surface area contributed by atoms with Crippen LogP contribution in [0.2, 0.25) is 0 Å². The van der Waals surface area contributed by atoms with Crippen molar-refractivity contribution in [3.63, 3.8) is 0 Å². The van der Waals surface area contributed by atoms with Crippen LogP contribution in [0.15, 0.2) is 51.4 Å². The van der Waals surface area contributed by atoms with Crippen LogP contribution in [0, 0.1) is 6.92 Å². The SMILES string of the molecule is COC1=CC(=O)c2cc(C)cc(-c3c(OC)cc(OC)c4ccc(=O)oc34)c2C1=O. The standard InChI is InChI=1S/C23H18O7/c1-11-7-13-15(24)9-18(29-4)22(26)20(13)14(8-11)21-17(28-3)10-16(27-2)12-5-6-19(25)30-23(12)21/h5-10H,1-4H3. The molecule has 0 bridgehead atoms. The van der Waals surface area contributed by atoms with Crippen LogP contribution in [0.3, 0.4) is 0 Å². The van der Waals surface area contributed by atoms with Crippen LogP contribution in [0.5, 0.6) is 11.5 Å². The van der Waals surface area contributed by atoms with E-state index in [1.165, 1.54) is 33.5 Å². The number of carbonyl (C=O) groups excluding carboxylic acids is 2. The summed E-state index contributed by atoms with van der Waals surface area (Å²) in [5.74, 6) is -0.0714. The van der Waals surface area contributed by atoms with Gasteiger partial charge in [0.15, 0.2) is 17.1 Å². The van der Waals surface area contributed by atoms with E-state index in [4.69, 9.17) is 18.6 Å². The molecule has 0 aliphatic heterocycles. The largest absolute Gasteiger partial charge is 0.496 e. The van der Waals surface area contributed by atoms with E-state index in [-0.39, 0.29) is 28.3 Å². The van der Waals surface area contributed by atoms with E-state index in [0.717, 1.165) is 5.56 Å². The topological polar surface area (TPSA) is 92.0 Å². The number of hydrogen-bond donors (Lipinski definition) is 0. The van der Waals surface area contributed by atoms with Crippen LogP contribution >= 0.6 is 0 Å². The molecular formula is C23H18O7. The third-order valence-corrected chi connectivity index (χ3v) is 5.02. The number of rotatable bonds is 4. The first-order chi connectivity index (χ1) is 14.4. The molecule has 0 amide bonds. The number of ketones is 2. The van der Waals surface area contributed by atoms with E-state index >= 15 is 0 Å². The van der Waals surface area contributed by atoms with Gasteiger partial charge in [0, 0.05) is 34.9 Å². The number of Topliss-reactive ketones (excluding diaryl/α,β-unsaturated/α-hetero) is 1. The molecule has 0 fully saturated rings. The molecule has 0 unspecified atom stereocenters. The van der Waals surface area contributed by atoms with Gasteiger partial charge in [-0.05, 0) is 24.6 Å². The molecule has 0 saturated heterocycles. The Kier molecular flexibility index (Phi) is 4.66. The molecule has 152 valence electrons. The van der Waals surface area contributed by atoms with Gasteiger partial charge in [0.25, 0.3) is 0 Å². The Bertz CT molecular complexity index is 1310. The van der Waals surface area contributed by atoms with Crippen LogP contribution in [0.1, 0.15) is 26.3 Å². The zero-order valence-electron chi connectivity index (χ0n) is 16.8. The maximum atomic E-state index is 13.1. The summed E-state index contributed by atoms with van der Waals surface area (Å²) >= 11 is 0. The Morgan fingerprint density at radius 3 is 2.17 bits per heavy atom. The van der Waals surface area contributed by atoms with E-state index < -0.39 is 11.4 Å². The zero-order chi connectivity index (χ0) is 21.6. The molecule has 0 N–H and O–H groups in total. The maximum Gasteiger partial charge on any atom is 0.336 e. The van der Waals surface area contributed by atoms with Gasteiger partial charge in [-0.1, -0.05) is 6.07 Å². The molecule has 4 rings (SSSR count). The van der Waals surface area contributed by atoms with Gasteiger partial charge in [0.2, 0.25) is 5.78 Å². The number of hydrogen-bond acceptors (Lipinski definition) is 7. The zero-order valence-corrected chi connectivity index (χ0v) is 16.8. The summed E-state index contributed by atoms with van der Waals surface area (Å²) < 4.78 is 21.6. The second kappa shape index (κ2) is 7.18. The van der Waals surface area contributed by atoms with Crippen LogP contribution in [-0.2, 0) is 4.74 Å². The normalized spacial score (nSPS) is 13.1. The van der Waals surface area contributed by atoms with Crippen molar-refractivity contribution in [3.05, 3.63) is 69.3 Å². The van der Waals surface area contributed by atoms with E-state index in [0.29, 0.717) is 28.0 Å². The van der Waals surface area contributed by atoms with Gasteiger partial charge >= 0.3 is 5.63 Å². The van der Waals surface area contributed by atoms with Crippen LogP contribution in [0.4, 0.5) is 0 Å². The van der Waals surface area contributed by atoms with Gasteiger partial charge in [-0.15, -0.1) is 0 Å². The Hall–Kier alpha value is -3.87. The first-order valence-electron chi connectivity index (χ1n) is 9.08. The number of benzene rings is 2. The second-order valence-corrected chi connectivity index (χ2v) is 6.79. The van der Waals surface area contributed by atoms with Gasteiger partial charge in [0.05, 0.1) is 32.3 Å².